The van der Waals surface area contributed by atoms with Gasteiger partial charge < -0.3 is 16.0 Å². The van der Waals surface area contributed by atoms with E-state index in [0.29, 0.717) is 18.3 Å². The number of fused-ring (bicyclic) bond motifs is 3. The second-order valence-electron chi connectivity index (χ2n) is 5.04. The van der Waals surface area contributed by atoms with Crippen molar-refractivity contribution in [3.63, 3.8) is 0 Å². The van der Waals surface area contributed by atoms with Crippen molar-refractivity contribution >= 4 is 11.8 Å². The molecule has 0 saturated heterocycles. The van der Waals surface area contributed by atoms with Crippen LogP contribution in [0.25, 0.3) is 0 Å². The third-order valence-corrected chi connectivity index (χ3v) is 3.73. The van der Waals surface area contributed by atoms with Crippen molar-refractivity contribution in [3.8, 4) is 0 Å². The number of aromatic nitrogens is 2. The molecule has 3 heterocycles. The van der Waals surface area contributed by atoms with E-state index < -0.39 is 6.04 Å². The summed E-state index contributed by atoms with van der Waals surface area (Å²) in [6, 6.07) is -0.121. The number of hydrogen-bond acceptors (Lipinski definition) is 4. The lowest BCUT2D eigenvalue weighted by atomic mass is 10.0. The Balaban J connectivity index is 2.08. The third-order valence-electron chi connectivity index (χ3n) is 3.73. The predicted molar refractivity (Wildman–Crippen MR) is 67.7 cm³/mol. The maximum absolute atomic E-state index is 12.0. The summed E-state index contributed by atoms with van der Waals surface area (Å²) in [5.74, 6) is -0.285. The molecule has 2 amide bonds. The molecular formula is C12H17N5O2. The fourth-order valence-corrected chi connectivity index (χ4v) is 2.70. The minimum Gasteiger partial charge on any atom is -0.357 e. The number of likely N-dealkylation sites (N-methyl/N-ethyl adjacent to an activating group) is 1. The van der Waals surface area contributed by atoms with Gasteiger partial charge in [-0.05, 0) is 6.92 Å². The highest BCUT2D eigenvalue weighted by Gasteiger charge is 2.36. The molecule has 0 radical (unpaired) electrons. The minimum atomic E-state index is -0.460. The second kappa shape index (κ2) is 4.34. The van der Waals surface area contributed by atoms with Gasteiger partial charge in [-0.2, -0.15) is 5.10 Å². The lowest BCUT2D eigenvalue weighted by molar-refractivity contribution is -0.124. The first-order valence-corrected chi connectivity index (χ1v) is 6.45. The van der Waals surface area contributed by atoms with Gasteiger partial charge >= 0.3 is 0 Å². The van der Waals surface area contributed by atoms with E-state index >= 15 is 0 Å². The second-order valence-corrected chi connectivity index (χ2v) is 5.04. The van der Waals surface area contributed by atoms with Crippen LogP contribution in [-0.4, -0.2) is 41.2 Å². The van der Waals surface area contributed by atoms with Crippen LogP contribution >= 0.6 is 0 Å². The predicted octanol–water partition coefficient (Wildman–Crippen LogP) is -1.05. The van der Waals surface area contributed by atoms with Gasteiger partial charge in [-0.3, -0.25) is 9.59 Å². The summed E-state index contributed by atoms with van der Waals surface area (Å²) >= 11 is 0. The Bertz CT molecular complexity index is 551. The Hall–Kier alpha value is -1.89. The van der Waals surface area contributed by atoms with Gasteiger partial charge in [0.2, 0.25) is 5.91 Å². The fourth-order valence-electron chi connectivity index (χ4n) is 2.70. The summed E-state index contributed by atoms with van der Waals surface area (Å²) < 4.78 is 1.59. The van der Waals surface area contributed by atoms with Crippen LogP contribution in [0.5, 0.6) is 0 Å². The van der Waals surface area contributed by atoms with Crippen molar-refractivity contribution in [1.82, 2.24) is 25.7 Å². The molecule has 7 nitrogen and oxygen atoms in total. The molecule has 7 heteroatoms. The summed E-state index contributed by atoms with van der Waals surface area (Å²) in [6.07, 6.45) is 0.781. The van der Waals surface area contributed by atoms with Crippen molar-refractivity contribution in [3.05, 3.63) is 17.0 Å². The summed E-state index contributed by atoms with van der Waals surface area (Å²) in [7, 11) is 1.59. The summed E-state index contributed by atoms with van der Waals surface area (Å²) in [5.41, 5.74) is 2.37. The molecule has 1 aromatic heterocycles. The van der Waals surface area contributed by atoms with Gasteiger partial charge in [-0.15, -0.1) is 0 Å². The van der Waals surface area contributed by atoms with Crippen LogP contribution < -0.4 is 16.0 Å². The zero-order valence-electron chi connectivity index (χ0n) is 11.0. The summed E-state index contributed by atoms with van der Waals surface area (Å²) in [6.45, 7) is 2.99. The van der Waals surface area contributed by atoms with Gasteiger partial charge in [0, 0.05) is 38.2 Å². The van der Waals surface area contributed by atoms with Crippen LogP contribution in [0.4, 0.5) is 0 Å². The molecule has 2 aliphatic heterocycles. The molecule has 2 aliphatic rings. The van der Waals surface area contributed by atoms with Gasteiger partial charge in [0.25, 0.3) is 5.91 Å². The van der Waals surface area contributed by atoms with E-state index in [9.17, 15) is 9.59 Å². The van der Waals surface area contributed by atoms with Gasteiger partial charge in [-0.1, -0.05) is 0 Å². The van der Waals surface area contributed by atoms with Gasteiger partial charge in [-0.25, -0.2) is 4.68 Å². The minimum absolute atomic E-state index is 0.137. The van der Waals surface area contributed by atoms with Crippen molar-refractivity contribution in [2.75, 3.05) is 13.6 Å². The Kier molecular flexibility index (Phi) is 2.78. The average molecular weight is 263 g/mol. The molecule has 0 bridgehead atoms. The van der Waals surface area contributed by atoms with Crippen LogP contribution in [-0.2, 0) is 17.8 Å². The van der Waals surface area contributed by atoms with Crippen LogP contribution in [0.1, 0.15) is 34.7 Å². The van der Waals surface area contributed by atoms with Crippen molar-refractivity contribution in [2.45, 2.75) is 32.0 Å². The van der Waals surface area contributed by atoms with E-state index in [-0.39, 0.29) is 18.4 Å². The Morgan fingerprint density at radius 3 is 3.05 bits per heavy atom. The monoisotopic (exact) mass is 263 g/mol. The fraction of sp³-hybridized carbons (Fsp3) is 0.583. The van der Waals surface area contributed by atoms with E-state index in [2.05, 4.69) is 28.0 Å². The highest BCUT2D eigenvalue weighted by Crippen LogP contribution is 2.25. The number of hydrogen-bond donors (Lipinski definition) is 3. The van der Waals surface area contributed by atoms with Crippen LogP contribution in [0, 0.1) is 0 Å². The molecule has 0 spiro atoms. The van der Waals surface area contributed by atoms with Gasteiger partial charge in [0.05, 0.1) is 5.69 Å². The third kappa shape index (κ3) is 1.81. The molecule has 1 aromatic rings. The standard InChI is InChI=1S/C12H17N5O2/c1-6-3-8-7(4-14-6)10-12(19)15-5-9(11(18)13-2)17(10)16-8/h6,9,14H,3-5H2,1-2H3,(H,13,18)(H,15,19). The molecule has 0 saturated carbocycles. The molecule has 2 atom stereocenters. The normalized spacial score (nSPS) is 25.3. The lowest BCUT2D eigenvalue weighted by Crippen LogP contribution is -2.46. The molecule has 3 rings (SSSR count). The van der Waals surface area contributed by atoms with Crippen molar-refractivity contribution in [1.29, 1.82) is 0 Å². The average Bonchev–Trinajstić information content (AvgIpc) is 2.77. The Morgan fingerprint density at radius 2 is 2.32 bits per heavy atom. The van der Waals surface area contributed by atoms with E-state index in [1.807, 2.05) is 0 Å². The van der Waals surface area contributed by atoms with Gasteiger partial charge in [0.1, 0.15) is 11.7 Å². The van der Waals surface area contributed by atoms with E-state index in [1.165, 1.54) is 0 Å². The maximum Gasteiger partial charge on any atom is 0.270 e. The molecule has 0 aliphatic carbocycles. The molecule has 19 heavy (non-hydrogen) atoms. The summed E-state index contributed by atoms with van der Waals surface area (Å²) in [4.78, 5) is 23.9. The number of amides is 2. The molecule has 0 aromatic carbocycles. The zero-order valence-corrected chi connectivity index (χ0v) is 11.0. The number of nitrogens with zero attached hydrogens (tertiary/aromatic N) is 2. The van der Waals surface area contributed by atoms with Crippen LogP contribution in [0.3, 0.4) is 0 Å². The topological polar surface area (TPSA) is 88.1 Å². The number of nitrogens with one attached hydrogen (secondary N) is 3. The lowest BCUT2D eigenvalue weighted by Gasteiger charge is -2.24. The molecule has 102 valence electrons. The SMILES string of the molecule is CNC(=O)C1CNC(=O)c2c3c(nn21)CC(C)NC3. The molecule has 0 fully saturated rings. The Labute approximate surface area is 110 Å². The smallest absolute Gasteiger partial charge is 0.270 e. The summed E-state index contributed by atoms with van der Waals surface area (Å²) in [5, 5.41) is 13.2. The molecule has 3 N–H and O–H groups in total. The first-order chi connectivity index (χ1) is 9.11. The van der Waals surface area contributed by atoms with Gasteiger partial charge in [0.15, 0.2) is 0 Å². The first-order valence-electron chi connectivity index (χ1n) is 6.45. The highest BCUT2D eigenvalue weighted by molar-refractivity contribution is 5.97. The zero-order chi connectivity index (χ0) is 13.6. The first kappa shape index (κ1) is 12.2. The van der Waals surface area contributed by atoms with Crippen molar-refractivity contribution in [2.24, 2.45) is 0 Å². The highest BCUT2D eigenvalue weighted by atomic mass is 16.2. The van der Waals surface area contributed by atoms with E-state index in [4.69, 9.17) is 0 Å². The van der Waals surface area contributed by atoms with Crippen molar-refractivity contribution < 1.29 is 9.59 Å². The quantitative estimate of drug-likeness (QED) is 0.603. The maximum atomic E-state index is 12.0. The Morgan fingerprint density at radius 1 is 1.53 bits per heavy atom. The number of rotatable bonds is 1. The number of carbonyl (C=O) groups excluding carboxylic acids is 2. The van der Waals surface area contributed by atoms with Crippen LogP contribution in [0.15, 0.2) is 0 Å². The van der Waals surface area contributed by atoms with E-state index in [1.54, 1.807) is 11.7 Å². The van der Waals surface area contributed by atoms with Crippen LogP contribution in [0.2, 0.25) is 0 Å². The molecular weight excluding hydrogens is 246 g/mol. The molecule has 2 unspecified atom stereocenters. The van der Waals surface area contributed by atoms with E-state index in [0.717, 1.165) is 17.7 Å². The number of carbonyl (C=O) groups is 2. The largest absolute Gasteiger partial charge is 0.357 e.